The maximum absolute atomic E-state index is 10.9. The minimum absolute atomic E-state index is 0.617. The first-order valence-corrected chi connectivity index (χ1v) is 7.23. The molecule has 0 spiro atoms. The van der Waals surface area contributed by atoms with Crippen molar-refractivity contribution in [1.82, 2.24) is 9.40 Å². The molecule has 2 aromatic rings. The van der Waals surface area contributed by atoms with Gasteiger partial charge in [-0.25, -0.2) is 13.2 Å². The number of aromatic nitrogens is 1. The summed E-state index contributed by atoms with van der Waals surface area (Å²) in [6, 6.07) is 7.81. The van der Waals surface area contributed by atoms with Crippen LogP contribution in [0.2, 0.25) is 0 Å². The zero-order chi connectivity index (χ0) is 11.8. The number of rotatable bonds is 2. The Bertz CT molecular complexity index is 682. The van der Waals surface area contributed by atoms with E-state index in [1.54, 1.807) is 0 Å². The van der Waals surface area contributed by atoms with Gasteiger partial charge in [0.1, 0.15) is 0 Å². The Balaban J connectivity index is 2.58. The van der Waals surface area contributed by atoms with E-state index < -0.39 is 10.0 Å². The number of hydrogen-bond acceptors (Lipinski definition) is 4. The summed E-state index contributed by atoms with van der Waals surface area (Å²) >= 11 is 1.43. The van der Waals surface area contributed by atoms with Crippen LogP contribution in [0.15, 0.2) is 29.4 Å². The Hall–Kier alpha value is -1.34. The molecule has 2 rings (SSSR count). The molecule has 0 bridgehead atoms. The van der Waals surface area contributed by atoms with Gasteiger partial charge in [-0.3, -0.25) is 0 Å². The third kappa shape index (κ3) is 2.25. The highest BCUT2D eigenvalue weighted by Gasteiger charge is 2.02. The molecule has 0 aliphatic heterocycles. The monoisotopic (exact) mass is 257 g/mol. The lowest BCUT2D eigenvalue weighted by Gasteiger charge is -1.95. The number of thiazole rings is 1. The summed E-state index contributed by atoms with van der Waals surface area (Å²) in [5.74, 6) is 0. The van der Waals surface area contributed by atoms with Crippen molar-refractivity contribution >= 4 is 31.6 Å². The highest BCUT2D eigenvalue weighted by atomic mass is 32.2. The lowest BCUT2D eigenvalue weighted by atomic mass is 10.3. The average Bonchev–Trinajstić information content (AvgIpc) is 2.53. The van der Waals surface area contributed by atoms with E-state index in [-0.39, 0.29) is 0 Å². The fourth-order valence-corrected chi connectivity index (χ4v) is 2.60. The van der Waals surface area contributed by atoms with Crippen LogP contribution >= 0.6 is 11.3 Å². The van der Waals surface area contributed by atoms with Crippen molar-refractivity contribution in [2.24, 2.45) is 12.1 Å². The van der Waals surface area contributed by atoms with Gasteiger partial charge in [-0.15, -0.1) is 5.10 Å². The molecule has 0 aliphatic rings. The highest BCUT2D eigenvalue weighted by Crippen LogP contribution is 2.14. The molecule has 0 amide bonds. The van der Waals surface area contributed by atoms with Gasteiger partial charge < -0.3 is 4.57 Å². The molecule has 0 fully saturated rings. The zero-order valence-electron chi connectivity index (χ0n) is 8.84. The van der Waals surface area contributed by atoms with Crippen LogP contribution in [0.3, 0.4) is 0 Å². The second kappa shape index (κ2) is 3.91. The summed E-state index contributed by atoms with van der Waals surface area (Å²) < 4.78 is 24.8. The van der Waals surface area contributed by atoms with E-state index >= 15 is 0 Å². The number of aryl methyl sites for hydroxylation is 1. The summed E-state index contributed by atoms with van der Waals surface area (Å²) in [4.78, 5) is 2.74. The Morgan fingerprint density at radius 2 is 2.06 bits per heavy atom. The van der Waals surface area contributed by atoms with Gasteiger partial charge in [0.15, 0.2) is 0 Å². The van der Waals surface area contributed by atoms with E-state index in [2.05, 4.69) is 9.93 Å². The van der Waals surface area contributed by atoms with E-state index in [1.165, 1.54) is 11.3 Å². The van der Waals surface area contributed by atoms with E-state index in [1.807, 2.05) is 35.9 Å². The van der Waals surface area contributed by atoms with Crippen LogP contribution in [0.5, 0.6) is 0 Å². The van der Waals surface area contributed by atoms with Crippen molar-refractivity contribution in [1.29, 1.82) is 0 Å². The summed E-state index contributed by atoms with van der Waals surface area (Å²) in [7, 11) is -1.45. The van der Waals surface area contributed by atoms with Gasteiger partial charge in [-0.2, -0.15) is 0 Å². The minimum Gasteiger partial charge on any atom is -0.318 e. The molecule has 0 unspecified atom stereocenters. The Morgan fingerprint density at radius 1 is 1.38 bits per heavy atom. The molecule has 1 aromatic carbocycles. The quantitative estimate of drug-likeness (QED) is 0.801. The van der Waals surface area contributed by atoms with Crippen molar-refractivity contribution in [2.45, 2.75) is 0 Å². The van der Waals surface area contributed by atoms with Gasteiger partial charge in [0.25, 0.3) is 0 Å². The number of hydrogen-bond donors (Lipinski definition) is 1. The molecular formula is C9H11N3O2S2. The van der Waals surface area contributed by atoms with Gasteiger partial charge in [-0.1, -0.05) is 23.5 Å². The van der Waals surface area contributed by atoms with Crippen molar-refractivity contribution in [3.8, 4) is 0 Å². The van der Waals surface area contributed by atoms with Crippen LogP contribution in [-0.2, 0) is 17.1 Å². The fraction of sp³-hybridized carbons (Fsp3) is 0.222. The largest absolute Gasteiger partial charge is 0.318 e. The number of fused-ring (bicyclic) bond motifs is 1. The van der Waals surface area contributed by atoms with Gasteiger partial charge >= 0.3 is 0 Å². The Labute approximate surface area is 97.1 Å². The SMILES string of the molecule is Cn1/c(=N\NS(C)(=O)=O)sc2ccccc21. The molecule has 0 saturated carbocycles. The normalized spacial score (nSPS) is 13.2. The molecule has 0 aliphatic carbocycles. The number of para-hydroxylation sites is 1. The number of nitrogens with one attached hydrogen (secondary N) is 1. The van der Waals surface area contributed by atoms with E-state index in [4.69, 9.17) is 0 Å². The van der Waals surface area contributed by atoms with Crippen LogP contribution in [0.4, 0.5) is 0 Å². The average molecular weight is 257 g/mol. The maximum Gasteiger partial charge on any atom is 0.244 e. The van der Waals surface area contributed by atoms with Gasteiger partial charge in [-0.05, 0) is 12.1 Å². The molecule has 5 nitrogen and oxygen atoms in total. The Morgan fingerprint density at radius 3 is 2.69 bits per heavy atom. The van der Waals surface area contributed by atoms with Crippen LogP contribution in [0.1, 0.15) is 0 Å². The lowest BCUT2D eigenvalue weighted by Crippen LogP contribution is -2.22. The first kappa shape index (κ1) is 11.2. The van der Waals surface area contributed by atoms with Crippen molar-refractivity contribution in [3.63, 3.8) is 0 Å². The van der Waals surface area contributed by atoms with Gasteiger partial charge in [0, 0.05) is 7.05 Å². The molecule has 1 aromatic heterocycles. The molecule has 0 radical (unpaired) electrons. The van der Waals surface area contributed by atoms with Crippen LogP contribution in [0, 0.1) is 0 Å². The standard InChI is InChI=1S/C9H11N3O2S2/c1-12-7-5-3-4-6-8(7)15-9(12)10-11-16(2,13)14/h3-6,11H,1-2H3/b10-9+. The van der Waals surface area contributed by atoms with Gasteiger partial charge in [0.05, 0.1) is 16.5 Å². The summed E-state index contributed by atoms with van der Waals surface area (Å²) in [6.07, 6.45) is 1.07. The summed E-state index contributed by atoms with van der Waals surface area (Å²) in [5.41, 5.74) is 1.03. The van der Waals surface area contributed by atoms with Crippen LogP contribution in [-0.4, -0.2) is 19.2 Å². The molecule has 1 N–H and O–H groups in total. The molecule has 7 heteroatoms. The van der Waals surface area contributed by atoms with E-state index in [0.29, 0.717) is 4.80 Å². The van der Waals surface area contributed by atoms with Crippen molar-refractivity contribution in [2.75, 3.05) is 6.26 Å². The maximum atomic E-state index is 10.9. The van der Waals surface area contributed by atoms with E-state index in [9.17, 15) is 8.42 Å². The first-order chi connectivity index (χ1) is 7.47. The minimum atomic E-state index is -3.30. The van der Waals surface area contributed by atoms with Gasteiger partial charge in [0.2, 0.25) is 14.8 Å². The predicted molar refractivity (Wildman–Crippen MR) is 64.3 cm³/mol. The number of sulfonamides is 1. The first-order valence-electron chi connectivity index (χ1n) is 4.52. The fourth-order valence-electron chi connectivity index (χ4n) is 1.31. The molecule has 0 atom stereocenters. The van der Waals surface area contributed by atoms with E-state index in [0.717, 1.165) is 16.5 Å². The molecule has 16 heavy (non-hydrogen) atoms. The predicted octanol–water partition coefficient (Wildman–Crippen LogP) is 0.605. The second-order valence-electron chi connectivity index (χ2n) is 3.39. The van der Waals surface area contributed by atoms with Crippen molar-refractivity contribution in [3.05, 3.63) is 29.1 Å². The second-order valence-corrected chi connectivity index (χ2v) is 6.12. The van der Waals surface area contributed by atoms with Crippen molar-refractivity contribution < 1.29 is 8.42 Å². The molecule has 0 saturated heterocycles. The summed E-state index contributed by atoms with van der Waals surface area (Å²) in [6.45, 7) is 0. The molecule has 1 heterocycles. The smallest absolute Gasteiger partial charge is 0.244 e. The third-order valence-corrected chi connectivity index (χ3v) is 3.56. The molecule has 86 valence electrons. The van der Waals surface area contributed by atoms with Crippen LogP contribution in [0.25, 0.3) is 10.2 Å². The topological polar surface area (TPSA) is 63.5 Å². The zero-order valence-corrected chi connectivity index (χ0v) is 10.5. The third-order valence-electron chi connectivity index (χ3n) is 2.02. The van der Waals surface area contributed by atoms with Crippen LogP contribution < -0.4 is 9.63 Å². The molecular weight excluding hydrogens is 246 g/mol. The lowest BCUT2D eigenvalue weighted by molar-refractivity contribution is 0.588. The number of nitrogens with zero attached hydrogens (tertiary/aromatic N) is 2. The highest BCUT2D eigenvalue weighted by molar-refractivity contribution is 7.88. The summed E-state index contributed by atoms with van der Waals surface area (Å²) in [5, 5.41) is 3.86. The Kier molecular flexibility index (Phi) is 2.73. The number of benzene rings is 1.